The van der Waals surface area contributed by atoms with E-state index in [1.165, 1.54) is 7.05 Å². The number of Topliss-reactive ketones (excluding diaryl/α,β-unsaturated/α-hetero) is 1. The molecule has 2 aliphatic heterocycles. The van der Waals surface area contributed by atoms with E-state index in [4.69, 9.17) is 14.9 Å². The molecule has 1 aromatic carbocycles. The van der Waals surface area contributed by atoms with Crippen LogP contribution in [0.4, 0.5) is 5.69 Å². The van der Waals surface area contributed by atoms with Crippen LogP contribution in [0.15, 0.2) is 18.2 Å². The number of rotatable bonds is 8. The van der Waals surface area contributed by atoms with Crippen molar-refractivity contribution in [2.45, 2.75) is 39.7 Å². The summed E-state index contributed by atoms with van der Waals surface area (Å²) >= 11 is 0. The predicted octanol–water partition coefficient (Wildman–Crippen LogP) is 3.02. The summed E-state index contributed by atoms with van der Waals surface area (Å²) in [7, 11) is 1.50. The number of amidine groups is 1. The Kier molecular flexibility index (Phi) is 8.89. The Morgan fingerprint density at radius 3 is 2.51 bits per heavy atom. The first-order valence-corrected chi connectivity index (χ1v) is 12.5. The quantitative estimate of drug-likeness (QED) is 0.387. The van der Waals surface area contributed by atoms with Crippen molar-refractivity contribution in [2.24, 2.45) is 0 Å². The van der Waals surface area contributed by atoms with Crippen molar-refractivity contribution in [3.63, 3.8) is 0 Å². The number of benzene rings is 1. The summed E-state index contributed by atoms with van der Waals surface area (Å²) in [5.74, 6) is -0.646. The summed E-state index contributed by atoms with van der Waals surface area (Å²) < 4.78 is 11.6. The number of ether oxygens (including phenoxy) is 2. The average Bonchev–Trinajstić information content (AvgIpc) is 3.15. The number of ketones is 1. The third-order valence-electron chi connectivity index (χ3n) is 6.52. The SMILES string of the molecule is Br.CCOc1cc2c(nc1C(=O)NC)C(=N)N(CC(=O)c1cc3c(c(C(C)(C)C)c1)OCCN3CC(=O)O)C2. The zero-order valence-electron chi connectivity index (χ0n) is 22.7. The highest BCUT2D eigenvalue weighted by atomic mass is 79.9. The molecule has 4 rings (SSSR count). The zero-order valence-corrected chi connectivity index (χ0v) is 24.4. The highest BCUT2D eigenvalue weighted by Crippen LogP contribution is 2.42. The molecule has 0 fully saturated rings. The molecule has 1 aromatic heterocycles. The number of nitrogens with zero attached hydrogens (tertiary/aromatic N) is 3. The number of amides is 1. The van der Waals surface area contributed by atoms with Crippen molar-refractivity contribution >= 4 is 46.2 Å². The Morgan fingerprint density at radius 2 is 1.90 bits per heavy atom. The highest BCUT2D eigenvalue weighted by molar-refractivity contribution is 8.93. The van der Waals surface area contributed by atoms with Crippen molar-refractivity contribution in [2.75, 3.05) is 44.8 Å². The van der Waals surface area contributed by atoms with E-state index in [2.05, 4.69) is 10.3 Å². The van der Waals surface area contributed by atoms with Gasteiger partial charge in [-0.25, -0.2) is 4.98 Å². The molecule has 0 unspecified atom stereocenters. The predicted molar refractivity (Wildman–Crippen MR) is 151 cm³/mol. The van der Waals surface area contributed by atoms with E-state index in [1.54, 1.807) is 34.9 Å². The van der Waals surface area contributed by atoms with Crippen LogP contribution in [-0.2, 0) is 16.8 Å². The van der Waals surface area contributed by atoms with Gasteiger partial charge < -0.3 is 29.7 Å². The number of hydrogen-bond donors (Lipinski definition) is 3. The van der Waals surface area contributed by atoms with Crippen LogP contribution in [0.5, 0.6) is 11.5 Å². The second kappa shape index (κ2) is 11.6. The van der Waals surface area contributed by atoms with E-state index in [0.717, 1.165) is 5.56 Å². The lowest BCUT2D eigenvalue weighted by Gasteiger charge is -2.34. The van der Waals surface area contributed by atoms with Gasteiger partial charge in [-0.15, -0.1) is 17.0 Å². The molecular formula is C27H34BrN5O6. The average molecular weight is 605 g/mol. The summed E-state index contributed by atoms with van der Waals surface area (Å²) in [6.07, 6.45) is 0. The standard InChI is InChI=1S/C27H33N5O6.BrH/c1-6-37-20-11-16-12-32(25(28)22(16)30-23(20)26(36)29-5)13-19(33)15-9-17(27(2,3)4)24-18(10-15)31(7-8-38-24)14-21(34)35;/h9-11,28H,6-8,12-14H2,1-5H3,(H,29,36)(H,34,35);1H. The molecule has 0 spiro atoms. The number of anilines is 1. The number of fused-ring (bicyclic) bond motifs is 2. The van der Waals surface area contributed by atoms with Gasteiger partial charge >= 0.3 is 5.97 Å². The van der Waals surface area contributed by atoms with Crippen molar-refractivity contribution < 1.29 is 29.0 Å². The van der Waals surface area contributed by atoms with Crippen molar-refractivity contribution in [1.29, 1.82) is 5.41 Å². The van der Waals surface area contributed by atoms with Gasteiger partial charge in [-0.3, -0.25) is 19.8 Å². The Balaban J connectivity index is 0.00000420. The number of hydrogen-bond acceptors (Lipinski definition) is 8. The minimum Gasteiger partial charge on any atom is -0.491 e. The van der Waals surface area contributed by atoms with Crippen LogP contribution in [0.2, 0.25) is 0 Å². The molecule has 3 heterocycles. The van der Waals surface area contributed by atoms with Gasteiger partial charge in [0.05, 0.1) is 25.4 Å². The first-order valence-electron chi connectivity index (χ1n) is 12.5. The molecule has 2 aromatic rings. The van der Waals surface area contributed by atoms with Gasteiger partial charge in [0.1, 0.15) is 30.4 Å². The minimum atomic E-state index is -0.967. The molecule has 210 valence electrons. The molecule has 12 heteroatoms. The van der Waals surface area contributed by atoms with Gasteiger partial charge in [-0.1, -0.05) is 20.8 Å². The maximum atomic E-state index is 13.6. The van der Waals surface area contributed by atoms with Crippen LogP contribution in [0.25, 0.3) is 0 Å². The lowest BCUT2D eigenvalue weighted by atomic mass is 9.84. The lowest BCUT2D eigenvalue weighted by molar-refractivity contribution is -0.135. The van der Waals surface area contributed by atoms with Gasteiger partial charge in [0.25, 0.3) is 5.91 Å². The van der Waals surface area contributed by atoms with Crippen LogP contribution in [0, 0.1) is 5.41 Å². The summed E-state index contributed by atoms with van der Waals surface area (Å²) in [5, 5.41) is 20.6. The van der Waals surface area contributed by atoms with E-state index >= 15 is 0 Å². The lowest BCUT2D eigenvalue weighted by Crippen LogP contribution is -2.38. The summed E-state index contributed by atoms with van der Waals surface area (Å²) in [6.45, 7) is 8.91. The van der Waals surface area contributed by atoms with Gasteiger partial charge in [0.15, 0.2) is 17.2 Å². The zero-order chi connectivity index (χ0) is 27.8. The van der Waals surface area contributed by atoms with Crippen molar-refractivity contribution in [1.82, 2.24) is 15.2 Å². The third-order valence-corrected chi connectivity index (χ3v) is 6.52. The number of nitrogens with one attached hydrogen (secondary N) is 2. The van der Waals surface area contributed by atoms with Crippen LogP contribution in [0.1, 0.15) is 65.4 Å². The van der Waals surface area contributed by atoms with E-state index < -0.39 is 11.9 Å². The first-order chi connectivity index (χ1) is 17.9. The fourth-order valence-corrected chi connectivity index (χ4v) is 4.66. The number of carboxylic acid groups (broad SMARTS) is 1. The van der Waals surface area contributed by atoms with Gasteiger partial charge in [0.2, 0.25) is 0 Å². The smallest absolute Gasteiger partial charge is 0.323 e. The number of halogens is 1. The Hall–Kier alpha value is -3.67. The van der Waals surface area contributed by atoms with E-state index in [9.17, 15) is 19.5 Å². The van der Waals surface area contributed by atoms with Crippen molar-refractivity contribution in [3.05, 3.63) is 46.3 Å². The molecule has 3 N–H and O–H groups in total. The molecule has 0 saturated heterocycles. The van der Waals surface area contributed by atoms with Gasteiger partial charge in [-0.2, -0.15) is 0 Å². The molecule has 2 aliphatic rings. The summed E-state index contributed by atoms with van der Waals surface area (Å²) in [5.41, 5.74) is 2.56. The van der Waals surface area contributed by atoms with E-state index in [1.807, 2.05) is 20.8 Å². The number of pyridine rings is 1. The van der Waals surface area contributed by atoms with Gasteiger partial charge in [0, 0.05) is 30.3 Å². The van der Waals surface area contributed by atoms with Crippen molar-refractivity contribution in [3.8, 4) is 11.5 Å². The molecule has 11 nitrogen and oxygen atoms in total. The van der Waals surface area contributed by atoms with Gasteiger partial charge in [-0.05, 0) is 30.5 Å². The van der Waals surface area contributed by atoms with Crippen LogP contribution >= 0.6 is 17.0 Å². The Bertz CT molecular complexity index is 1320. The number of aliphatic carboxylic acids is 1. The summed E-state index contributed by atoms with van der Waals surface area (Å²) in [6, 6.07) is 5.18. The largest absolute Gasteiger partial charge is 0.491 e. The summed E-state index contributed by atoms with van der Waals surface area (Å²) in [4.78, 5) is 45.1. The molecule has 0 atom stereocenters. The first kappa shape index (κ1) is 29.9. The van der Waals surface area contributed by atoms with Crippen LogP contribution < -0.4 is 19.7 Å². The Morgan fingerprint density at radius 1 is 1.18 bits per heavy atom. The number of carbonyl (C=O) groups is 3. The maximum Gasteiger partial charge on any atom is 0.323 e. The number of carbonyl (C=O) groups excluding carboxylic acids is 2. The van der Waals surface area contributed by atoms with E-state index in [0.29, 0.717) is 53.8 Å². The number of aromatic nitrogens is 1. The second-order valence-electron chi connectivity index (χ2n) is 10.3. The number of carboxylic acids is 1. The highest BCUT2D eigenvalue weighted by Gasteiger charge is 2.33. The molecular weight excluding hydrogens is 570 g/mol. The third kappa shape index (κ3) is 6.00. The maximum absolute atomic E-state index is 13.6. The molecule has 0 bridgehead atoms. The second-order valence-corrected chi connectivity index (χ2v) is 10.3. The topological polar surface area (TPSA) is 145 Å². The molecule has 0 aliphatic carbocycles. The molecule has 1 amide bonds. The minimum absolute atomic E-state index is 0. The molecule has 39 heavy (non-hydrogen) atoms. The normalized spacial score (nSPS) is 14.1. The van der Waals surface area contributed by atoms with Crippen LogP contribution in [0.3, 0.4) is 0 Å². The van der Waals surface area contributed by atoms with E-state index in [-0.39, 0.29) is 59.3 Å². The monoisotopic (exact) mass is 603 g/mol. The fourth-order valence-electron chi connectivity index (χ4n) is 4.66. The molecule has 0 saturated carbocycles. The van der Waals surface area contributed by atoms with Crippen LogP contribution in [-0.4, -0.2) is 78.4 Å². The fraction of sp³-hybridized carbons (Fsp3) is 0.444. The molecule has 0 radical (unpaired) electrons. The Labute approximate surface area is 237 Å².